The third-order valence-corrected chi connectivity index (χ3v) is 4.87. The van der Waals surface area contributed by atoms with Crippen molar-refractivity contribution in [1.82, 2.24) is 9.71 Å². The minimum Gasteiger partial charge on any atom is -0.244 e. The van der Waals surface area contributed by atoms with E-state index in [-0.39, 0.29) is 16.1 Å². The Kier molecular flexibility index (Phi) is 4.98. The molecule has 2 aromatic rings. The Balaban J connectivity index is 2.27. The average Bonchev–Trinajstić information content (AvgIpc) is 2.46. The van der Waals surface area contributed by atoms with Crippen LogP contribution in [0.25, 0.3) is 0 Å². The average molecular weight is 325 g/mol. The first kappa shape index (κ1) is 15.9. The number of nitrogens with zero attached hydrogens (tertiary/aromatic N) is 1. The molecule has 1 N–H and O–H groups in total. The predicted octanol–water partition coefficient (Wildman–Crippen LogP) is 3.47. The van der Waals surface area contributed by atoms with E-state index in [1.807, 2.05) is 38.1 Å². The Morgan fingerprint density at radius 1 is 1.24 bits per heavy atom. The summed E-state index contributed by atoms with van der Waals surface area (Å²) in [5.74, 6) is 0. The van der Waals surface area contributed by atoms with Crippen molar-refractivity contribution in [2.75, 3.05) is 0 Å². The Bertz CT molecular complexity index is 715. The lowest BCUT2D eigenvalue weighted by Gasteiger charge is -2.18. The number of hydrogen-bond donors (Lipinski definition) is 1. The predicted molar refractivity (Wildman–Crippen MR) is 83.8 cm³/mol. The molecule has 4 nitrogen and oxygen atoms in total. The molecule has 1 aromatic heterocycles. The fourth-order valence-corrected chi connectivity index (χ4v) is 3.55. The molecule has 0 saturated carbocycles. The Labute approximate surface area is 130 Å². The van der Waals surface area contributed by atoms with Crippen LogP contribution in [0.15, 0.2) is 47.5 Å². The summed E-state index contributed by atoms with van der Waals surface area (Å²) in [6, 6.07) is 10.3. The van der Waals surface area contributed by atoms with E-state index in [9.17, 15) is 8.42 Å². The normalized spacial score (nSPS) is 13.1. The molecule has 0 aliphatic heterocycles. The SMILES string of the molecule is CCC(NS(=O)(=O)c1ccnc(Cl)c1)c1ccc(C)cc1. The maximum Gasteiger partial charge on any atom is 0.241 e. The summed E-state index contributed by atoms with van der Waals surface area (Å²) in [7, 11) is -3.63. The molecule has 0 aliphatic rings. The molecule has 1 atom stereocenters. The lowest BCUT2D eigenvalue weighted by Crippen LogP contribution is -2.28. The Hall–Kier alpha value is -1.43. The summed E-state index contributed by atoms with van der Waals surface area (Å²) in [5, 5.41) is 0.154. The van der Waals surface area contributed by atoms with Crippen LogP contribution in [0.5, 0.6) is 0 Å². The standard InChI is InChI=1S/C15H17ClN2O2S/c1-3-14(12-6-4-11(2)5-7-12)18-21(19,20)13-8-9-17-15(16)10-13/h4-10,14,18H,3H2,1-2H3. The zero-order valence-electron chi connectivity index (χ0n) is 11.9. The number of pyridine rings is 1. The van der Waals surface area contributed by atoms with Crippen molar-refractivity contribution in [3.05, 3.63) is 58.9 Å². The monoisotopic (exact) mass is 324 g/mol. The summed E-state index contributed by atoms with van der Waals surface area (Å²) in [6.07, 6.45) is 2.03. The van der Waals surface area contributed by atoms with E-state index in [1.165, 1.54) is 18.3 Å². The second-order valence-electron chi connectivity index (χ2n) is 4.81. The van der Waals surface area contributed by atoms with Crippen molar-refractivity contribution in [3.8, 4) is 0 Å². The molecule has 0 spiro atoms. The van der Waals surface area contributed by atoms with E-state index in [0.29, 0.717) is 6.42 Å². The molecule has 0 saturated heterocycles. The van der Waals surface area contributed by atoms with Gasteiger partial charge in [0.25, 0.3) is 0 Å². The largest absolute Gasteiger partial charge is 0.244 e. The van der Waals surface area contributed by atoms with Crippen LogP contribution < -0.4 is 4.72 Å². The molecular weight excluding hydrogens is 308 g/mol. The number of halogens is 1. The number of nitrogens with one attached hydrogen (secondary N) is 1. The highest BCUT2D eigenvalue weighted by molar-refractivity contribution is 7.89. The van der Waals surface area contributed by atoms with Crippen molar-refractivity contribution >= 4 is 21.6 Å². The first-order valence-electron chi connectivity index (χ1n) is 6.63. The zero-order chi connectivity index (χ0) is 15.5. The van der Waals surface area contributed by atoms with Gasteiger partial charge in [-0.15, -0.1) is 0 Å². The van der Waals surface area contributed by atoms with E-state index >= 15 is 0 Å². The van der Waals surface area contributed by atoms with Gasteiger partial charge in [-0.3, -0.25) is 0 Å². The summed E-state index contributed by atoms with van der Waals surface area (Å²) in [6.45, 7) is 3.93. The van der Waals surface area contributed by atoms with E-state index in [0.717, 1.165) is 11.1 Å². The van der Waals surface area contributed by atoms with Gasteiger partial charge >= 0.3 is 0 Å². The first-order valence-corrected chi connectivity index (χ1v) is 8.49. The van der Waals surface area contributed by atoms with Crippen molar-refractivity contribution in [2.45, 2.75) is 31.2 Å². The number of aryl methyl sites for hydroxylation is 1. The van der Waals surface area contributed by atoms with Gasteiger partial charge in [-0.25, -0.2) is 18.1 Å². The lowest BCUT2D eigenvalue weighted by molar-refractivity contribution is 0.550. The van der Waals surface area contributed by atoms with Crippen LogP contribution in [0.4, 0.5) is 0 Å². The van der Waals surface area contributed by atoms with Crippen LogP contribution in [0, 0.1) is 6.92 Å². The minimum absolute atomic E-state index is 0.119. The highest BCUT2D eigenvalue weighted by atomic mass is 35.5. The van der Waals surface area contributed by atoms with Crippen molar-refractivity contribution < 1.29 is 8.42 Å². The van der Waals surface area contributed by atoms with E-state index in [1.54, 1.807) is 0 Å². The van der Waals surface area contributed by atoms with Crippen molar-refractivity contribution in [2.24, 2.45) is 0 Å². The van der Waals surface area contributed by atoms with Crippen LogP contribution in [-0.4, -0.2) is 13.4 Å². The smallest absolute Gasteiger partial charge is 0.241 e. The van der Waals surface area contributed by atoms with E-state index < -0.39 is 10.0 Å². The van der Waals surface area contributed by atoms with Crippen LogP contribution in [-0.2, 0) is 10.0 Å². The van der Waals surface area contributed by atoms with E-state index in [2.05, 4.69) is 9.71 Å². The third kappa shape index (κ3) is 4.03. The van der Waals surface area contributed by atoms with Gasteiger partial charge in [0.1, 0.15) is 5.15 Å². The highest BCUT2D eigenvalue weighted by Gasteiger charge is 2.20. The summed E-state index contributed by atoms with van der Waals surface area (Å²) in [5.41, 5.74) is 2.07. The maximum atomic E-state index is 12.4. The van der Waals surface area contributed by atoms with Gasteiger partial charge in [-0.05, 0) is 31.0 Å². The number of hydrogen-bond acceptors (Lipinski definition) is 3. The van der Waals surface area contributed by atoms with Gasteiger partial charge in [0.15, 0.2) is 0 Å². The van der Waals surface area contributed by atoms with E-state index in [4.69, 9.17) is 11.6 Å². The molecule has 0 amide bonds. The Morgan fingerprint density at radius 3 is 2.48 bits per heavy atom. The number of sulfonamides is 1. The minimum atomic E-state index is -3.63. The molecule has 21 heavy (non-hydrogen) atoms. The topological polar surface area (TPSA) is 59.1 Å². The number of rotatable bonds is 5. The molecule has 1 heterocycles. The van der Waals surface area contributed by atoms with Crippen molar-refractivity contribution in [1.29, 1.82) is 0 Å². The highest BCUT2D eigenvalue weighted by Crippen LogP contribution is 2.21. The van der Waals surface area contributed by atoms with Gasteiger partial charge in [-0.1, -0.05) is 48.4 Å². The second kappa shape index (κ2) is 6.56. The molecule has 1 aromatic carbocycles. The molecular formula is C15H17ClN2O2S. The second-order valence-corrected chi connectivity index (χ2v) is 6.91. The Morgan fingerprint density at radius 2 is 1.90 bits per heavy atom. The molecule has 0 aliphatic carbocycles. The van der Waals surface area contributed by atoms with Gasteiger partial charge in [0.05, 0.1) is 4.90 Å². The molecule has 1 unspecified atom stereocenters. The molecule has 112 valence electrons. The van der Waals surface area contributed by atoms with Crippen LogP contribution in [0.1, 0.15) is 30.5 Å². The van der Waals surface area contributed by atoms with Gasteiger partial charge in [-0.2, -0.15) is 0 Å². The third-order valence-electron chi connectivity index (χ3n) is 3.19. The molecule has 0 radical (unpaired) electrons. The van der Waals surface area contributed by atoms with Crippen LogP contribution >= 0.6 is 11.6 Å². The lowest BCUT2D eigenvalue weighted by atomic mass is 10.0. The zero-order valence-corrected chi connectivity index (χ0v) is 13.4. The molecule has 6 heteroatoms. The molecule has 0 bridgehead atoms. The van der Waals surface area contributed by atoms with Gasteiger partial charge < -0.3 is 0 Å². The maximum absolute atomic E-state index is 12.4. The van der Waals surface area contributed by atoms with Crippen LogP contribution in [0.2, 0.25) is 5.15 Å². The summed E-state index contributed by atoms with van der Waals surface area (Å²) < 4.78 is 27.5. The summed E-state index contributed by atoms with van der Waals surface area (Å²) >= 11 is 5.75. The summed E-state index contributed by atoms with van der Waals surface area (Å²) in [4.78, 5) is 3.91. The fraction of sp³-hybridized carbons (Fsp3) is 0.267. The molecule has 0 fully saturated rings. The number of aromatic nitrogens is 1. The van der Waals surface area contributed by atoms with Gasteiger partial charge in [0, 0.05) is 12.2 Å². The first-order chi connectivity index (χ1) is 9.92. The van der Waals surface area contributed by atoms with Crippen LogP contribution in [0.3, 0.4) is 0 Å². The fourth-order valence-electron chi connectivity index (χ4n) is 1.99. The molecule has 2 rings (SSSR count). The quantitative estimate of drug-likeness (QED) is 0.857. The number of benzene rings is 1. The van der Waals surface area contributed by atoms with Gasteiger partial charge in [0.2, 0.25) is 10.0 Å². The van der Waals surface area contributed by atoms with Crippen molar-refractivity contribution in [3.63, 3.8) is 0 Å².